The lowest BCUT2D eigenvalue weighted by atomic mass is 9.99. The quantitative estimate of drug-likeness (QED) is 0.425. The molecule has 10 nitrogen and oxygen atoms in total. The van der Waals surface area contributed by atoms with Crippen molar-refractivity contribution in [2.75, 3.05) is 29.9 Å². The van der Waals surface area contributed by atoms with Crippen LogP contribution in [-0.4, -0.2) is 54.6 Å². The Labute approximate surface area is 196 Å². The minimum absolute atomic E-state index is 0.264. The molecule has 4 aromatic rings. The van der Waals surface area contributed by atoms with Crippen molar-refractivity contribution >= 4 is 51.8 Å². The molecule has 0 spiro atoms. The molecule has 0 unspecified atom stereocenters. The largest absolute Gasteiger partial charge is 0.477 e. The van der Waals surface area contributed by atoms with E-state index in [0.29, 0.717) is 27.3 Å². The molecule has 0 bridgehead atoms. The Morgan fingerprint density at radius 2 is 2.15 bits per heavy atom. The summed E-state index contributed by atoms with van der Waals surface area (Å²) < 4.78 is 5.52. The average molecular weight is 484 g/mol. The van der Waals surface area contributed by atoms with Gasteiger partial charge in [-0.1, -0.05) is 11.6 Å². The van der Waals surface area contributed by atoms with Crippen LogP contribution in [-0.2, 0) is 0 Å². The zero-order chi connectivity index (χ0) is 23.1. The molecule has 0 aromatic carbocycles. The van der Waals surface area contributed by atoms with Gasteiger partial charge < -0.3 is 15.3 Å². The van der Waals surface area contributed by atoms with E-state index in [9.17, 15) is 14.7 Å². The second kappa shape index (κ2) is 8.41. The fraction of sp³-hybridized carbons (Fsp3) is 0.238. The van der Waals surface area contributed by atoms with E-state index in [1.54, 1.807) is 25.3 Å². The van der Waals surface area contributed by atoms with E-state index in [1.807, 2.05) is 6.07 Å². The molecule has 5 rings (SSSR count). The molecule has 1 aliphatic heterocycles. The van der Waals surface area contributed by atoms with Crippen molar-refractivity contribution < 1.29 is 9.90 Å². The maximum absolute atomic E-state index is 12.9. The number of aromatic carboxylic acids is 1. The lowest BCUT2D eigenvalue weighted by Crippen LogP contribution is -2.50. The molecule has 168 valence electrons. The Bertz CT molecular complexity index is 1420. The molecule has 4 aromatic heterocycles. The van der Waals surface area contributed by atoms with Crippen molar-refractivity contribution in [3.05, 3.63) is 63.3 Å². The third-order valence-electron chi connectivity index (χ3n) is 5.50. The van der Waals surface area contributed by atoms with Crippen LogP contribution in [0.15, 0.2) is 41.7 Å². The lowest BCUT2D eigenvalue weighted by Gasteiger charge is -2.40. The highest BCUT2D eigenvalue weighted by molar-refractivity contribution is 7.08. The van der Waals surface area contributed by atoms with Crippen LogP contribution in [0.3, 0.4) is 0 Å². The van der Waals surface area contributed by atoms with Gasteiger partial charge in [0.25, 0.3) is 0 Å². The van der Waals surface area contributed by atoms with Crippen LogP contribution in [0, 0.1) is 12.8 Å². The molecule has 12 heteroatoms. The van der Waals surface area contributed by atoms with Gasteiger partial charge >= 0.3 is 5.97 Å². The molecule has 0 saturated carbocycles. The number of nitrogens with zero attached hydrogens (tertiary/aromatic N) is 6. The van der Waals surface area contributed by atoms with Gasteiger partial charge in [0.15, 0.2) is 5.65 Å². The SMILES string of the molecule is Cc1cc(N2CC(CNc3cc(Cl)ccn3)C2)nc2c1c(=O)c(C(=O)O)cn2-c1ncns1. The fourth-order valence-corrected chi connectivity index (χ4v) is 4.52. The van der Waals surface area contributed by atoms with Gasteiger partial charge in [-0.05, 0) is 30.7 Å². The van der Waals surface area contributed by atoms with Crippen molar-refractivity contribution in [2.45, 2.75) is 6.92 Å². The first-order valence-electron chi connectivity index (χ1n) is 10.1. The molecular formula is C21H18ClN7O3S. The highest BCUT2D eigenvalue weighted by Crippen LogP contribution is 2.28. The van der Waals surface area contributed by atoms with Gasteiger partial charge in [-0.25, -0.2) is 19.7 Å². The molecule has 5 heterocycles. The standard InChI is InChI=1S/C21H18ClN7O3S/c1-11-4-16(28-7-12(8-28)6-24-15-5-13(22)2-3-23-15)27-19-17(11)18(30)14(20(31)32)9-29(19)21-25-10-26-33-21/h2-5,9-10,12H,6-8H2,1H3,(H,23,24)(H,31,32). The summed E-state index contributed by atoms with van der Waals surface area (Å²) in [6.07, 6.45) is 4.31. The number of rotatable bonds is 6. The predicted octanol–water partition coefficient (Wildman–Crippen LogP) is 2.84. The first kappa shape index (κ1) is 21.3. The highest BCUT2D eigenvalue weighted by atomic mass is 35.5. The molecule has 1 aliphatic rings. The van der Waals surface area contributed by atoms with E-state index >= 15 is 0 Å². The number of nitrogens with one attached hydrogen (secondary N) is 1. The molecular weight excluding hydrogens is 466 g/mol. The minimum Gasteiger partial charge on any atom is -0.477 e. The van der Waals surface area contributed by atoms with E-state index in [4.69, 9.17) is 16.6 Å². The number of hydrogen-bond acceptors (Lipinski definition) is 9. The van der Waals surface area contributed by atoms with Crippen LogP contribution in [0.4, 0.5) is 11.6 Å². The number of carboxylic acid groups (broad SMARTS) is 1. The van der Waals surface area contributed by atoms with Gasteiger partial charge in [0.2, 0.25) is 10.6 Å². The number of aryl methyl sites for hydroxylation is 1. The smallest absolute Gasteiger partial charge is 0.341 e. The Balaban J connectivity index is 1.44. The summed E-state index contributed by atoms with van der Waals surface area (Å²) in [7, 11) is 0. The van der Waals surface area contributed by atoms with Gasteiger partial charge in [-0.15, -0.1) is 0 Å². The topological polar surface area (TPSA) is 126 Å². The van der Waals surface area contributed by atoms with Crippen LogP contribution < -0.4 is 15.6 Å². The number of carboxylic acids is 1. The lowest BCUT2D eigenvalue weighted by molar-refractivity contribution is 0.0695. The van der Waals surface area contributed by atoms with Crippen molar-refractivity contribution in [3.8, 4) is 5.13 Å². The number of hydrogen-bond donors (Lipinski definition) is 2. The summed E-state index contributed by atoms with van der Waals surface area (Å²) in [6.45, 7) is 4.09. The summed E-state index contributed by atoms with van der Waals surface area (Å²) in [6, 6.07) is 5.33. The monoisotopic (exact) mass is 483 g/mol. The molecule has 0 atom stereocenters. The van der Waals surface area contributed by atoms with Crippen molar-refractivity contribution in [2.24, 2.45) is 5.92 Å². The minimum atomic E-state index is -1.30. The van der Waals surface area contributed by atoms with Gasteiger partial charge in [-0.3, -0.25) is 9.36 Å². The molecule has 33 heavy (non-hydrogen) atoms. The summed E-state index contributed by atoms with van der Waals surface area (Å²) in [5.74, 6) is 0.549. The zero-order valence-corrected chi connectivity index (χ0v) is 19.0. The number of anilines is 2. The molecule has 0 amide bonds. The second-order valence-corrected chi connectivity index (χ2v) is 8.97. The number of fused-ring (bicyclic) bond motifs is 1. The summed E-state index contributed by atoms with van der Waals surface area (Å²) >= 11 is 7.09. The molecule has 0 aliphatic carbocycles. The van der Waals surface area contributed by atoms with E-state index in [0.717, 1.165) is 42.8 Å². The van der Waals surface area contributed by atoms with E-state index < -0.39 is 11.4 Å². The number of pyridine rings is 3. The highest BCUT2D eigenvalue weighted by Gasteiger charge is 2.29. The van der Waals surface area contributed by atoms with Crippen molar-refractivity contribution in [1.29, 1.82) is 0 Å². The fourth-order valence-electron chi connectivity index (χ4n) is 3.85. The predicted molar refractivity (Wildman–Crippen MR) is 126 cm³/mol. The molecule has 0 radical (unpaired) electrons. The maximum atomic E-state index is 12.9. The summed E-state index contributed by atoms with van der Waals surface area (Å²) in [4.78, 5) is 39.8. The molecule has 1 fully saturated rings. The first-order valence-corrected chi connectivity index (χ1v) is 11.2. The number of halogens is 1. The van der Waals surface area contributed by atoms with Gasteiger partial charge in [0.05, 0.1) is 5.39 Å². The third-order valence-corrected chi connectivity index (χ3v) is 6.40. The zero-order valence-electron chi connectivity index (χ0n) is 17.4. The average Bonchev–Trinajstić information content (AvgIpc) is 3.27. The Kier molecular flexibility index (Phi) is 5.43. The second-order valence-electron chi connectivity index (χ2n) is 7.78. The molecule has 2 N–H and O–H groups in total. The number of aromatic nitrogens is 5. The van der Waals surface area contributed by atoms with Crippen LogP contribution in [0.5, 0.6) is 0 Å². The Hall–Kier alpha value is -3.57. The maximum Gasteiger partial charge on any atom is 0.341 e. The first-order chi connectivity index (χ1) is 15.9. The van der Waals surface area contributed by atoms with Crippen molar-refractivity contribution in [3.63, 3.8) is 0 Å². The van der Waals surface area contributed by atoms with Crippen LogP contribution in [0.25, 0.3) is 16.2 Å². The molecule has 1 saturated heterocycles. The van der Waals surface area contributed by atoms with Crippen molar-refractivity contribution in [1.82, 2.24) is 23.9 Å². The Morgan fingerprint density at radius 3 is 2.85 bits per heavy atom. The van der Waals surface area contributed by atoms with Crippen LogP contribution in [0.2, 0.25) is 5.02 Å². The van der Waals surface area contributed by atoms with E-state index in [-0.39, 0.29) is 10.9 Å². The third kappa shape index (κ3) is 4.00. The Morgan fingerprint density at radius 1 is 1.33 bits per heavy atom. The van der Waals surface area contributed by atoms with Crippen LogP contribution >= 0.6 is 23.1 Å². The van der Waals surface area contributed by atoms with E-state index in [2.05, 4.69) is 24.6 Å². The van der Waals surface area contributed by atoms with Gasteiger partial charge in [0.1, 0.15) is 23.5 Å². The summed E-state index contributed by atoms with van der Waals surface area (Å²) in [5.41, 5.74) is 0.127. The van der Waals surface area contributed by atoms with Crippen LogP contribution in [0.1, 0.15) is 15.9 Å². The number of carbonyl (C=O) groups is 1. The normalized spacial score (nSPS) is 13.8. The van der Waals surface area contributed by atoms with Gasteiger partial charge in [-0.2, -0.15) is 4.37 Å². The van der Waals surface area contributed by atoms with E-state index in [1.165, 1.54) is 17.1 Å². The van der Waals surface area contributed by atoms with Gasteiger partial charge in [0, 0.05) is 54.5 Å². The summed E-state index contributed by atoms with van der Waals surface area (Å²) in [5, 5.41) is 14.1.